The van der Waals surface area contributed by atoms with E-state index in [-0.39, 0.29) is 15.7 Å². The van der Waals surface area contributed by atoms with Crippen LogP contribution >= 0.6 is 11.3 Å². The first kappa shape index (κ1) is 21.1. The third-order valence-electron chi connectivity index (χ3n) is 3.06. The number of anilines is 2. The minimum Gasteiger partial charge on any atom is -0.493 e. The molecule has 0 fully saturated rings. The molecule has 0 bridgehead atoms. The fraction of sp³-hybridized carbons (Fsp3) is 0.353. The number of hydrogen-bond acceptors (Lipinski definition) is 8. The SMILES string of the molecule is CCOc1ccc(NC(=O)OC(C)(C)C)cc1C(=O)Nc1ncc([N+](=O)[O-])s1. The van der Waals surface area contributed by atoms with Crippen molar-refractivity contribution in [2.75, 3.05) is 17.2 Å². The Morgan fingerprint density at radius 3 is 2.57 bits per heavy atom. The van der Waals surface area contributed by atoms with Gasteiger partial charge < -0.3 is 9.47 Å². The van der Waals surface area contributed by atoms with Crippen LogP contribution in [0.1, 0.15) is 38.1 Å². The fourth-order valence-corrected chi connectivity index (χ4v) is 2.69. The van der Waals surface area contributed by atoms with Gasteiger partial charge in [0.25, 0.3) is 5.91 Å². The molecule has 0 spiro atoms. The molecule has 0 unspecified atom stereocenters. The van der Waals surface area contributed by atoms with Gasteiger partial charge in [-0.25, -0.2) is 9.78 Å². The van der Waals surface area contributed by atoms with Crippen LogP contribution in [0, 0.1) is 10.1 Å². The monoisotopic (exact) mass is 408 g/mol. The molecule has 1 heterocycles. The molecule has 0 aliphatic rings. The summed E-state index contributed by atoms with van der Waals surface area (Å²) in [5.41, 5.74) is -0.212. The van der Waals surface area contributed by atoms with Crippen molar-refractivity contribution < 1.29 is 24.0 Å². The summed E-state index contributed by atoms with van der Waals surface area (Å²) in [6.45, 7) is 7.28. The van der Waals surface area contributed by atoms with Gasteiger partial charge in [0.2, 0.25) is 0 Å². The molecule has 0 aliphatic heterocycles. The average molecular weight is 408 g/mol. The number of carbonyl (C=O) groups excluding carboxylic acids is 2. The topological polar surface area (TPSA) is 133 Å². The molecule has 2 N–H and O–H groups in total. The lowest BCUT2D eigenvalue weighted by atomic mass is 10.1. The first-order chi connectivity index (χ1) is 13.1. The van der Waals surface area contributed by atoms with Crippen molar-refractivity contribution in [1.29, 1.82) is 0 Å². The molecule has 0 saturated heterocycles. The number of nitrogens with one attached hydrogen (secondary N) is 2. The van der Waals surface area contributed by atoms with Gasteiger partial charge in [-0.2, -0.15) is 0 Å². The van der Waals surface area contributed by atoms with Crippen molar-refractivity contribution in [2.45, 2.75) is 33.3 Å². The molecule has 10 nitrogen and oxygen atoms in total. The minimum absolute atomic E-state index is 0.0738. The highest BCUT2D eigenvalue weighted by atomic mass is 32.1. The second-order valence-corrected chi connectivity index (χ2v) is 7.49. The summed E-state index contributed by atoms with van der Waals surface area (Å²) in [5, 5.41) is 15.7. The Morgan fingerprint density at radius 1 is 1.29 bits per heavy atom. The average Bonchev–Trinajstić information content (AvgIpc) is 3.03. The van der Waals surface area contributed by atoms with Gasteiger partial charge in [0.15, 0.2) is 5.13 Å². The molecule has 0 radical (unpaired) electrons. The van der Waals surface area contributed by atoms with Crippen LogP contribution in [0.15, 0.2) is 24.4 Å². The van der Waals surface area contributed by atoms with E-state index < -0.39 is 22.5 Å². The summed E-state index contributed by atoms with van der Waals surface area (Å²) in [5.74, 6) is -0.290. The number of carbonyl (C=O) groups is 2. The number of nitrogens with zero attached hydrogens (tertiary/aromatic N) is 2. The van der Waals surface area contributed by atoms with Gasteiger partial charge in [0.05, 0.1) is 17.1 Å². The fourth-order valence-electron chi connectivity index (χ4n) is 2.06. The zero-order valence-corrected chi connectivity index (χ0v) is 16.6. The molecule has 0 aliphatic carbocycles. The van der Waals surface area contributed by atoms with Crippen LogP contribution in [0.5, 0.6) is 5.75 Å². The molecule has 0 atom stereocenters. The van der Waals surface area contributed by atoms with Gasteiger partial charge in [0.1, 0.15) is 17.5 Å². The quantitative estimate of drug-likeness (QED) is 0.544. The highest BCUT2D eigenvalue weighted by Crippen LogP contribution is 2.28. The molecule has 2 amide bonds. The Morgan fingerprint density at radius 2 is 2.00 bits per heavy atom. The van der Waals surface area contributed by atoms with Crippen molar-refractivity contribution in [3.8, 4) is 5.75 Å². The van der Waals surface area contributed by atoms with Crippen molar-refractivity contribution in [1.82, 2.24) is 4.98 Å². The lowest BCUT2D eigenvalue weighted by molar-refractivity contribution is -0.380. The largest absolute Gasteiger partial charge is 0.493 e. The highest BCUT2D eigenvalue weighted by Gasteiger charge is 2.20. The van der Waals surface area contributed by atoms with E-state index in [2.05, 4.69) is 15.6 Å². The standard InChI is InChI=1S/C17H20N4O6S/c1-5-26-12-7-6-10(19-16(23)27-17(2,3)4)8-11(12)14(22)20-15-18-9-13(28-15)21(24)25/h6-9H,5H2,1-4H3,(H,19,23)(H,18,20,22). The predicted molar refractivity (Wildman–Crippen MR) is 104 cm³/mol. The van der Waals surface area contributed by atoms with Crippen LogP contribution in [0.3, 0.4) is 0 Å². The number of hydrogen-bond donors (Lipinski definition) is 2. The molecular weight excluding hydrogens is 388 g/mol. The highest BCUT2D eigenvalue weighted by molar-refractivity contribution is 7.18. The second kappa shape index (κ2) is 8.65. The first-order valence-electron chi connectivity index (χ1n) is 8.27. The van der Waals surface area contributed by atoms with E-state index in [0.717, 1.165) is 17.5 Å². The van der Waals surface area contributed by atoms with Gasteiger partial charge in [-0.3, -0.25) is 25.5 Å². The molecule has 150 valence electrons. The van der Waals surface area contributed by atoms with Gasteiger partial charge in [0, 0.05) is 5.69 Å². The normalized spacial score (nSPS) is 10.9. The van der Waals surface area contributed by atoms with Crippen LogP contribution in [0.25, 0.3) is 0 Å². The molecule has 1 aromatic carbocycles. The van der Waals surface area contributed by atoms with E-state index in [0.29, 0.717) is 18.0 Å². The predicted octanol–water partition coefficient (Wildman–Crippen LogP) is 4.05. The number of nitro groups is 1. The van der Waals surface area contributed by atoms with Crippen LogP contribution in [-0.2, 0) is 4.74 Å². The summed E-state index contributed by atoms with van der Waals surface area (Å²) in [6, 6.07) is 4.53. The Bertz CT molecular complexity index is 890. The molecule has 2 aromatic rings. The number of rotatable bonds is 6. The number of aromatic nitrogens is 1. The lowest BCUT2D eigenvalue weighted by Crippen LogP contribution is -2.27. The van der Waals surface area contributed by atoms with Crippen molar-refractivity contribution >= 4 is 39.2 Å². The maximum atomic E-state index is 12.6. The number of amides is 2. The van der Waals surface area contributed by atoms with Crippen LogP contribution in [-0.4, -0.2) is 34.1 Å². The molecule has 0 saturated carbocycles. The zero-order chi connectivity index (χ0) is 20.9. The third kappa shape index (κ3) is 5.91. The van der Waals surface area contributed by atoms with Crippen LogP contribution < -0.4 is 15.4 Å². The van der Waals surface area contributed by atoms with Gasteiger partial charge >= 0.3 is 11.1 Å². The van der Waals surface area contributed by atoms with Gasteiger partial charge in [-0.1, -0.05) is 0 Å². The Kier molecular flexibility index (Phi) is 6.52. The molecule has 2 rings (SSSR count). The maximum absolute atomic E-state index is 12.6. The van der Waals surface area contributed by atoms with Gasteiger partial charge in [-0.05, 0) is 57.2 Å². The maximum Gasteiger partial charge on any atom is 0.412 e. The van der Waals surface area contributed by atoms with E-state index in [4.69, 9.17) is 9.47 Å². The van der Waals surface area contributed by atoms with E-state index in [1.807, 2.05) is 0 Å². The van der Waals surface area contributed by atoms with E-state index >= 15 is 0 Å². The summed E-state index contributed by atoms with van der Waals surface area (Å²) in [6.07, 6.45) is 0.392. The van der Waals surface area contributed by atoms with Gasteiger partial charge in [-0.15, -0.1) is 0 Å². The third-order valence-corrected chi connectivity index (χ3v) is 3.93. The number of ether oxygens (including phenoxy) is 2. The number of benzene rings is 1. The molecular formula is C17H20N4O6S. The first-order valence-corrected chi connectivity index (χ1v) is 9.09. The van der Waals surface area contributed by atoms with Crippen molar-refractivity contribution in [2.24, 2.45) is 0 Å². The molecule has 28 heavy (non-hydrogen) atoms. The van der Waals surface area contributed by atoms with Crippen LogP contribution in [0.2, 0.25) is 0 Å². The molecule has 11 heteroatoms. The molecule has 1 aromatic heterocycles. The van der Waals surface area contributed by atoms with Crippen molar-refractivity contribution in [3.05, 3.63) is 40.1 Å². The van der Waals surface area contributed by atoms with E-state index in [1.54, 1.807) is 33.8 Å². The van der Waals surface area contributed by atoms with Crippen LogP contribution in [0.4, 0.5) is 20.6 Å². The van der Waals surface area contributed by atoms with E-state index in [9.17, 15) is 19.7 Å². The summed E-state index contributed by atoms with van der Waals surface area (Å²) in [4.78, 5) is 38.5. The Hall–Kier alpha value is -3.21. The Labute approximate surface area is 165 Å². The van der Waals surface area contributed by atoms with E-state index in [1.165, 1.54) is 12.1 Å². The second-order valence-electron chi connectivity index (χ2n) is 6.49. The number of thiazole rings is 1. The summed E-state index contributed by atoms with van der Waals surface area (Å²) in [7, 11) is 0. The lowest BCUT2D eigenvalue weighted by Gasteiger charge is -2.20. The summed E-state index contributed by atoms with van der Waals surface area (Å²) >= 11 is 0.732. The van der Waals surface area contributed by atoms with Crippen molar-refractivity contribution in [3.63, 3.8) is 0 Å². The summed E-state index contributed by atoms with van der Waals surface area (Å²) < 4.78 is 10.6. The smallest absolute Gasteiger partial charge is 0.412 e. The zero-order valence-electron chi connectivity index (χ0n) is 15.8. The Balaban J connectivity index is 2.22. The minimum atomic E-state index is -0.672.